The normalized spacial score (nSPS) is 24.3. The van der Waals surface area contributed by atoms with Crippen molar-refractivity contribution in [2.24, 2.45) is 5.11 Å². The molecule has 1 aliphatic rings. The van der Waals surface area contributed by atoms with Gasteiger partial charge in [-0.25, -0.2) is 0 Å². The molecule has 17 heavy (non-hydrogen) atoms. The molecule has 0 spiro atoms. The van der Waals surface area contributed by atoms with Crippen molar-refractivity contribution in [2.45, 2.75) is 38.7 Å². The summed E-state index contributed by atoms with van der Waals surface area (Å²) in [6.45, 7) is 5.88. The molecule has 1 aliphatic heterocycles. The van der Waals surface area contributed by atoms with Gasteiger partial charge in [-0.05, 0) is 38.4 Å². The van der Waals surface area contributed by atoms with Gasteiger partial charge in [-0.1, -0.05) is 5.11 Å². The molecule has 1 fully saturated rings. The Morgan fingerprint density at radius 2 is 2.29 bits per heavy atom. The van der Waals surface area contributed by atoms with Crippen molar-refractivity contribution < 1.29 is 13.9 Å². The van der Waals surface area contributed by atoms with Crippen LogP contribution >= 0.6 is 0 Å². The first-order chi connectivity index (χ1) is 8.02. The summed E-state index contributed by atoms with van der Waals surface area (Å²) in [6, 6.07) is 3.13. The number of nitrogens with zero attached hydrogens (tertiary/aromatic N) is 3. The highest BCUT2D eigenvalue weighted by atomic mass is 16.7. The summed E-state index contributed by atoms with van der Waals surface area (Å²) in [6.07, 6.45) is -0.313. The van der Waals surface area contributed by atoms with E-state index in [0.29, 0.717) is 12.4 Å². The van der Waals surface area contributed by atoms with Crippen molar-refractivity contribution in [1.82, 2.24) is 0 Å². The van der Waals surface area contributed by atoms with Gasteiger partial charge in [-0.3, -0.25) is 0 Å². The molecule has 92 valence electrons. The molecule has 0 aliphatic carbocycles. The fourth-order valence-corrected chi connectivity index (χ4v) is 1.85. The fourth-order valence-electron chi connectivity index (χ4n) is 1.85. The number of ether oxygens (including phenoxy) is 2. The van der Waals surface area contributed by atoms with E-state index in [1.165, 1.54) is 0 Å². The van der Waals surface area contributed by atoms with E-state index >= 15 is 0 Å². The second-order valence-corrected chi connectivity index (χ2v) is 4.47. The molecule has 1 aromatic rings. The smallest absolute Gasteiger partial charge is 0.163 e. The van der Waals surface area contributed by atoms with Crippen LogP contribution in [0.5, 0.6) is 0 Å². The highest BCUT2D eigenvalue weighted by molar-refractivity contribution is 5.12. The zero-order valence-electron chi connectivity index (χ0n) is 10.1. The van der Waals surface area contributed by atoms with Gasteiger partial charge >= 0.3 is 0 Å². The number of azide groups is 1. The van der Waals surface area contributed by atoms with Crippen LogP contribution in [0, 0.1) is 6.92 Å². The van der Waals surface area contributed by atoms with E-state index in [-0.39, 0.29) is 6.10 Å². The molecule has 2 rings (SSSR count). The molecular weight excluding hydrogens is 222 g/mol. The molecule has 1 aromatic heterocycles. The quantitative estimate of drug-likeness (QED) is 0.460. The minimum absolute atomic E-state index is 0.313. The molecule has 2 atom stereocenters. The summed E-state index contributed by atoms with van der Waals surface area (Å²) in [5.41, 5.74) is 8.62. The second kappa shape index (κ2) is 4.41. The number of rotatable bonds is 3. The zero-order valence-corrected chi connectivity index (χ0v) is 10.1. The van der Waals surface area contributed by atoms with Gasteiger partial charge in [0.15, 0.2) is 5.79 Å². The van der Waals surface area contributed by atoms with E-state index in [1.807, 2.05) is 26.8 Å². The average Bonchev–Trinajstić information content (AvgIpc) is 2.81. The molecule has 0 bridgehead atoms. The summed E-state index contributed by atoms with van der Waals surface area (Å²) < 4.78 is 16.6. The van der Waals surface area contributed by atoms with Gasteiger partial charge in [0, 0.05) is 4.91 Å². The molecule has 6 nitrogen and oxygen atoms in total. The van der Waals surface area contributed by atoms with E-state index in [1.54, 1.807) is 6.07 Å². The number of aryl methyl sites for hydroxylation is 1. The van der Waals surface area contributed by atoms with Gasteiger partial charge < -0.3 is 13.9 Å². The van der Waals surface area contributed by atoms with Crippen molar-refractivity contribution in [3.63, 3.8) is 0 Å². The minimum Gasteiger partial charge on any atom is -0.466 e. The van der Waals surface area contributed by atoms with Crippen molar-refractivity contribution in [1.29, 1.82) is 0 Å². The van der Waals surface area contributed by atoms with Gasteiger partial charge in [0.25, 0.3) is 0 Å². The lowest BCUT2D eigenvalue weighted by atomic mass is 10.1. The van der Waals surface area contributed by atoms with E-state index in [4.69, 9.17) is 19.4 Å². The molecular formula is C11H15N3O3. The molecule has 1 saturated heterocycles. The largest absolute Gasteiger partial charge is 0.466 e. The van der Waals surface area contributed by atoms with E-state index < -0.39 is 11.8 Å². The van der Waals surface area contributed by atoms with Crippen molar-refractivity contribution >= 4 is 0 Å². The fraction of sp³-hybridized carbons (Fsp3) is 0.636. The van der Waals surface area contributed by atoms with Gasteiger partial charge in [-0.2, -0.15) is 0 Å². The van der Waals surface area contributed by atoms with Crippen LogP contribution in [0.25, 0.3) is 10.4 Å². The Bertz CT molecular complexity index is 449. The van der Waals surface area contributed by atoms with Crippen LogP contribution in [0.4, 0.5) is 0 Å². The van der Waals surface area contributed by atoms with Crippen LogP contribution in [0.2, 0.25) is 0 Å². The van der Waals surface area contributed by atoms with Crippen LogP contribution in [0.3, 0.4) is 0 Å². The molecule has 0 saturated carbocycles. The lowest BCUT2D eigenvalue weighted by molar-refractivity contribution is -0.141. The Morgan fingerprint density at radius 1 is 1.53 bits per heavy atom. The highest BCUT2D eigenvalue weighted by Crippen LogP contribution is 2.33. The highest BCUT2D eigenvalue weighted by Gasteiger charge is 2.38. The summed E-state index contributed by atoms with van der Waals surface area (Å²) in [7, 11) is 0. The Balaban J connectivity index is 2.22. The van der Waals surface area contributed by atoms with Crippen LogP contribution in [0.1, 0.15) is 31.4 Å². The molecule has 2 heterocycles. The Labute approximate surface area is 99.1 Å². The van der Waals surface area contributed by atoms with Gasteiger partial charge in [0.05, 0.1) is 12.7 Å². The first-order valence-corrected chi connectivity index (χ1v) is 5.44. The monoisotopic (exact) mass is 237 g/mol. The third-order valence-corrected chi connectivity index (χ3v) is 2.61. The van der Waals surface area contributed by atoms with Crippen LogP contribution in [-0.4, -0.2) is 18.5 Å². The SMILES string of the molecule is Cc1ccc(C(N=[N+]=[N-])[C@@H]2COC(C)(C)O2)o1. The maximum absolute atomic E-state index is 8.62. The van der Waals surface area contributed by atoms with Crippen molar-refractivity contribution in [3.8, 4) is 0 Å². The minimum atomic E-state index is -0.643. The molecule has 0 aromatic carbocycles. The summed E-state index contributed by atoms with van der Waals surface area (Å²) in [5.74, 6) is 0.734. The molecule has 0 N–H and O–H groups in total. The third-order valence-electron chi connectivity index (χ3n) is 2.61. The molecule has 0 amide bonds. The summed E-state index contributed by atoms with van der Waals surface area (Å²) in [4.78, 5) is 2.84. The third kappa shape index (κ3) is 2.61. The number of hydrogen-bond acceptors (Lipinski definition) is 4. The Hall–Kier alpha value is -1.49. The predicted octanol–water partition coefficient (Wildman–Crippen LogP) is 3.09. The van der Waals surface area contributed by atoms with Gasteiger partial charge in [0.1, 0.15) is 17.6 Å². The molecule has 0 radical (unpaired) electrons. The standard InChI is InChI=1S/C11H15N3O3/c1-7-4-5-8(16-7)10(13-14-12)9-6-15-11(2,3)17-9/h4-5,9-10H,6H2,1-3H3/t9-,10?/m0/s1. The maximum Gasteiger partial charge on any atom is 0.163 e. The van der Waals surface area contributed by atoms with E-state index in [2.05, 4.69) is 10.0 Å². The molecule has 6 heteroatoms. The van der Waals surface area contributed by atoms with Crippen LogP contribution < -0.4 is 0 Å². The summed E-state index contributed by atoms with van der Waals surface area (Å²) in [5, 5.41) is 3.74. The zero-order chi connectivity index (χ0) is 12.5. The first kappa shape index (κ1) is 12.0. The lowest BCUT2D eigenvalue weighted by Gasteiger charge is -2.19. The van der Waals surface area contributed by atoms with Crippen molar-refractivity contribution in [3.05, 3.63) is 34.1 Å². The second-order valence-electron chi connectivity index (χ2n) is 4.47. The lowest BCUT2D eigenvalue weighted by Crippen LogP contribution is -2.24. The van der Waals surface area contributed by atoms with E-state index in [0.717, 1.165) is 5.76 Å². The number of hydrogen-bond donors (Lipinski definition) is 0. The van der Waals surface area contributed by atoms with Gasteiger partial charge in [0.2, 0.25) is 0 Å². The molecule has 1 unspecified atom stereocenters. The van der Waals surface area contributed by atoms with Crippen LogP contribution in [-0.2, 0) is 9.47 Å². The van der Waals surface area contributed by atoms with Gasteiger partial charge in [-0.15, -0.1) is 0 Å². The Morgan fingerprint density at radius 3 is 2.76 bits per heavy atom. The maximum atomic E-state index is 8.62. The first-order valence-electron chi connectivity index (χ1n) is 5.44. The van der Waals surface area contributed by atoms with Crippen molar-refractivity contribution in [2.75, 3.05) is 6.61 Å². The summed E-state index contributed by atoms with van der Waals surface area (Å²) >= 11 is 0. The number of furan rings is 1. The van der Waals surface area contributed by atoms with E-state index in [9.17, 15) is 0 Å². The van der Waals surface area contributed by atoms with Crippen LogP contribution in [0.15, 0.2) is 21.7 Å². The topological polar surface area (TPSA) is 80.4 Å². The average molecular weight is 237 g/mol. The predicted molar refractivity (Wildman–Crippen MR) is 60.2 cm³/mol. The Kier molecular flexibility index (Phi) is 3.11.